The SMILES string of the molecule is CC(=O)n1c(O)c(C(=NC2CCC(CN3CCN(C)CC3)CC2)c2ccccc2)c2ccc(N=O)cc21. The Kier molecular flexibility index (Phi) is 7.48. The normalized spacial score (nSPS) is 21.8. The topological polar surface area (TPSA) is 90.5 Å². The number of carbonyl (C=O) groups is 1. The summed E-state index contributed by atoms with van der Waals surface area (Å²) in [7, 11) is 2.19. The van der Waals surface area contributed by atoms with E-state index < -0.39 is 0 Å². The number of nitrogens with zero attached hydrogens (tertiary/aromatic N) is 5. The molecule has 0 spiro atoms. The molecule has 0 amide bonds. The lowest BCUT2D eigenvalue weighted by Gasteiger charge is -2.36. The van der Waals surface area contributed by atoms with Crippen LogP contribution in [0.2, 0.25) is 0 Å². The molecule has 2 aliphatic rings. The number of aliphatic imine (C=N–C) groups is 1. The molecule has 1 aliphatic heterocycles. The molecule has 37 heavy (non-hydrogen) atoms. The maximum atomic E-state index is 12.5. The van der Waals surface area contributed by atoms with Crippen molar-refractivity contribution in [2.45, 2.75) is 38.6 Å². The van der Waals surface area contributed by atoms with Gasteiger partial charge in [-0.2, -0.15) is 0 Å². The molecule has 0 unspecified atom stereocenters. The predicted octanol–water partition coefficient (Wildman–Crippen LogP) is 5.05. The Balaban J connectivity index is 1.46. The molecule has 2 aromatic carbocycles. The first-order valence-electron chi connectivity index (χ1n) is 13.2. The Hall–Kier alpha value is -3.36. The van der Waals surface area contributed by atoms with Crippen LogP contribution in [0, 0.1) is 10.8 Å². The van der Waals surface area contributed by atoms with E-state index in [1.54, 1.807) is 18.2 Å². The zero-order valence-corrected chi connectivity index (χ0v) is 21.6. The minimum absolute atomic E-state index is 0.144. The summed E-state index contributed by atoms with van der Waals surface area (Å²) < 4.78 is 1.24. The molecule has 2 heterocycles. The van der Waals surface area contributed by atoms with E-state index in [1.165, 1.54) is 11.5 Å². The first kappa shape index (κ1) is 25.3. The quantitative estimate of drug-likeness (QED) is 0.377. The third-order valence-corrected chi connectivity index (χ3v) is 7.87. The third kappa shape index (κ3) is 5.36. The van der Waals surface area contributed by atoms with Gasteiger partial charge in [-0.25, -0.2) is 0 Å². The number of benzene rings is 2. The van der Waals surface area contributed by atoms with Crippen LogP contribution in [0.25, 0.3) is 10.9 Å². The Morgan fingerprint density at radius 3 is 2.35 bits per heavy atom. The molecule has 1 saturated heterocycles. The molecule has 1 N–H and O–H groups in total. The number of aromatic hydroxyl groups is 1. The molecule has 8 nitrogen and oxygen atoms in total. The van der Waals surface area contributed by atoms with E-state index >= 15 is 0 Å². The molecule has 1 aromatic heterocycles. The summed E-state index contributed by atoms with van der Waals surface area (Å²) in [5, 5.41) is 15.0. The zero-order valence-electron chi connectivity index (χ0n) is 21.6. The van der Waals surface area contributed by atoms with Gasteiger partial charge in [0.1, 0.15) is 5.69 Å². The molecule has 0 radical (unpaired) electrons. The molecule has 5 rings (SSSR count). The summed E-state index contributed by atoms with van der Waals surface area (Å²) in [6.07, 6.45) is 4.27. The Morgan fingerprint density at radius 1 is 1.00 bits per heavy atom. The highest BCUT2D eigenvalue weighted by molar-refractivity contribution is 6.22. The number of piperazine rings is 1. The minimum Gasteiger partial charge on any atom is -0.494 e. The van der Waals surface area contributed by atoms with Gasteiger partial charge in [-0.05, 0) is 62.0 Å². The van der Waals surface area contributed by atoms with Crippen molar-refractivity contribution in [1.82, 2.24) is 14.4 Å². The summed E-state index contributed by atoms with van der Waals surface area (Å²) in [4.78, 5) is 33.9. The summed E-state index contributed by atoms with van der Waals surface area (Å²) in [5.41, 5.74) is 2.75. The van der Waals surface area contributed by atoms with Crippen molar-refractivity contribution in [1.29, 1.82) is 0 Å². The van der Waals surface area contributed by atoms with E-state index in [0.717, 1.165) is 64.0 Å². The standard InChI is InChI=1S/C29H35N5O3/c1-20(35)34-26-18-24(31-37)12-13-25(26)27(29(34)36)28(22-6-4-3-5-7-22)30-23-10-8-21(9-11-23)19-33-16-14-32(2)15-17-33/h3-7,12-13,18,21,23,36H,8-11,14-17,19H2,1-2H3. The van der Waals surface area contributed by atoms with Crippen molar-refractivity contribution in [2.24, 2.45) is 16.1 Å². The van der Waals surface area contributed by atoms with Crippen LogP contribution in [0.3, 0.4) is 0 Å². The fourth-order valence-corrected chi connectivity index (χ4v) is 5.79. The van der Waals surface area contributed by atoms with Gasteiger partial charge in [0.15, 0.2) is 0 Å². The second-order valence-corrected chi connectivity index (χ2v) is 10.5. The minimum atomic E-state index is -0.339. The fourth-order valence-electron chi connectivity index (χ4n) is 5.79. The second kappa shape index (κ2) is 10.9. The first-order valence-corrected chi connectivity index (χ1v) is 13.2. The van der Waals surface area contributed by atoms with Crippen molar-refractivity contribution in [3.63, 3.8) is 0 Å². The fraction of sp³-hybridized carbons (Fsp3) is 0.448. The van der Waals surface area contributed by atoms with E-state index in [0.29, 0.717) is 28.1 Å². The van der Waals surface area contributed by atoms with Gasteiger partial charge in [0.25, 0.3) is 0 Å². The molecule has 0 atom stereocenters. The molecular weight excluding hydrogens is 466 g/mol. The smallest absolute Gasteiger partial charge is 0.230 e. The number of nitroso groups, excluding NO2 is 1. The summed E-state index contributed by atoms with van der Waals surface area (Å²) >= 11 is 0. The first-order chi connectivity index (χ1) is 17.9. The molecule has 3 aromatic rings. The number of hydrogen-bond donors (Lipinski definition) is 1. The Labute approximate surface area is 217 Å². The maximum Gasteiger partial charge on any atom is 0.230 e. The largest absolute Gasteiger partial charge is 0.494 e. The number of carbonyl (C=O) groups excluding carboxylic acids is 1. The number of aromatic nitrogens is 1. The van der Waals surface area contributed by atoms with Crippen LogP contribution in [0.5, 0.6) is 5.88 Å². The van der Waals surface area contributed by atoms with Gasteiger partial charge in [-0.3, -0.25) is 14.4 Å². The predicted molar refractivity (Wildman–Crippen MR) is 147 cm³/mol. The molecule has 8 heteroatoms. The van der Waals surface area contributed by atoms with Gasteiger partial charge < -0.3 is 14.9 Å². The molecule has 1 aliphatic carbocycles. The highest BCUT2D eigenvalue weighted by Gasteiger charge is 2.28. The molecule has 0 bridgehead atoms. The summed E-state index contributed by atoms with van der Waals surface area (Å²) in [6.45, 7) is 7.13. The zero-order chi connectivity index (χ0) is 25.9. The summed E-state index contributed by atoms with van der Waals surface area (Å²) in [5.74, 6) is 0.197. The van der Waals surface area contributed by atoms with Crippen LogP contribution in [0.4, 0.5) is 5.69 Å². The number of rotatable bonds is 6. The highest BCUT2D eigenvalue weighted by Crippen LogP contribution is 2.37. The highest BCUT2D eigenvalue weighted by atomic mass is 16.3. The van der Waals surface area contributed by atoms with Crippen molar-refractivity contribution < 1.29 is 9.90 Å². The van der Waals surface area contributed by atoms with Crippen LogP contribution in [0.15, 0.2) is 58.7 Å². The Bertz CT molecular complexity index is 1300. The average molecular weight is 502 g/mol. The maximum absolute atomic E-state index is 12.5. The van der Waals surface area contributed by atoms with Crippen LogP contribution >= 0.6 is 0 Å². The molecular formula is C29H35N5O3. The van der Waals surface area contributed by atoms with E-state index in [1.807, 2.05) is 30.3 Å². The lowest BCUT2D eigenvalue weighted by molar-refractivity contribution is 0.0933. The lowest BCUT2D eigenvalue weighted by Crippen LogP contribution is -2.46. The van der Waals surface area contributed by atoms with Gasteiger partial charge in [-0.15, -0.1) is 4.91 Å². The van der Waals surface area contributed by atoms with Crippen LogP contribution in [0.1, 0.15) is 48.5 Å². The monoisotopic (exact) mass is 501 g/mol. The van der Waals surface area contributed by atoms with Crippen LogP contribution in [-0.2, 0) is 0 Å². The average Bonchev–Trinajstić information content (AvgIpc) is 3.21. The van der Waals surface area contributed by atoms with E-state index in [9.17, 15) is 14.8 Å². The van der Waals surface area contributed by atoms with E-state index in [4.69, 9.17) is 4.99 Å². The number of likely N-dealkylation sites (N-methyl/N-ethyl adjacent to an activating group) is 1. The molecule has 1 saturated carbocycles. The lowest BCUT2D eigenvalue weighted by atomic mass is 9.85. The number of hydrogen-bond acceptors (Lipinski definition) is 7. The van der Waals surface area contributed by atoms with Gasteiger partial charge in [0, 0.05) is 50.6 Å². The summed E-state index contributed by atoms with van der Waals surface area (Å²) in [6, 6.07) is 14.8. The Morgan fingerprint density at radius 2 is 1.70 bits per heavy atom. The van der Waals surface area contributed by atoms with Gasteiger partial charge in [0.2, 0.25) is 11.8 Å². The third-order valence-electron chi connectivity index (χ3n) is 7.87. The van der Waals surface area contributed by atoms with Crippen molar-refractivity contribution in [3.05, 3.63) is 64.6 Å². The van der Waals surface area contributed by atoms with Gasteiger partial charge >= 0.3 is 0 Å². The second-order valence-electron chi connectivity index (χ2n) is 10.5. The van der Waals surface area contributed by atoms with E-state index in [2.05, 4.69) is 22.0 Å². The van der Waals surface area contributed by atoms with Crippen molar-refractivity contribution in [3.8, 4) is 5.88 Å². The van der Waals surface area contributed by atoms with Crippen LogP contribution < -0.4 is 0 Å². The van der Waals surface area contributed by atoms with Crippen molar-refractivity contribution in [2.75, 3.05) is 39.8 Å². The molecule has 2 fully saturated rings. The van der Waals surface area contributed by atoms with Crippen LogP contribution in [-0.4, -0.2) is 76.9 Å². The molecule has 194 valence electrons. The van der Waals surface area contributed by atoms with Gasteiger partial charge in [0.05, 0.1) is 22.8 Å². The van der Waals surface area contributed by atoms with E-state index in [-0.39, 0.29) is 23.5 Å². The number of fused-ring (bicyclic) bond motifs is 1. The van der Waals surface area contributed by atoms with Gasteiger partial charge in [-0.1, -0.05) is 30.3 Å². The van der Waals surface area contributed by atoms with Crippen molar-refractivity contribution >= 4 is 28.2 Å².